The van der Waals surface area contributed by atoms with E-state index in [0.29, 0.717) is 11.1 Å². The maximum Gasteiger partial charge on any atom is 0.337 e. The van der Waals surface area contributed by atoms with Crippen molar-refractivity contribution in [1.29, 1.82) is 0 Å². The molecule has 2 N–H and O–H groups in total. The molecule has 0 heterocycles. The Balaban J connectivity index is 1.82. The van der Waals surface area contributed by atoms with Gasteiger partial charge in [-0.2, -0.15) is 0 Å². The molecule has 12 heteroatoms. The van der Waals surface area contributed by atoms with E-state index in [1.807, 2.05) is 0 Å². The summed E-state index contributed by atoms with van der Waals surface area (Å²) in [6, 6.07) is 17.7. The highest BCUT2D eigenvalue weighted by molar-refractivity contribution is 7.92. The van der Waals surface area contributed by atoms with Crippen LogP contribution in [0.3, 0.4) is 0 Å². The monoisotopic (exact) mass is 596 g/mol. The van der Waals surface area contributed by atoms with E-state index in [2.05, 4.69) is 0 Å². The van der Waals surface area contributed by atoms with Crippen LogP contribution in [0.5, 0.6) is 11.5 Å². The molecule has 212 valence electrons. The average molecular weight is 597 g/mol. The highest BCUT2D eigenvalue weighted by atomic mass is 32.2. The van der Waals surface area contributed by atoms with E-state index >= 15 is 0 Å². The van der Waals surface area contributed by atoms with Crippen molar-refractivity contribution >= 4 is 31.6 Å². The first kappa shape index (κ1) is 29.3. The normalized spacial score (nSPS) is 11.6. The number of sulfone groups is 2. The zero-order chi connectivity index (χ0) is 30.1. The van der Waals surface area contributed by atoms with Crippen LogP contribution in [0.15, 0.2) is 98.4 Å². The number of methoxy groups -OCH3 is 2. The van der Waals surface area contributed by atoms with Gasteiger partial charge < -0.3 is 19.7 Å². The second-order valence-electron chi connectivity index (χ2n) is 8.79. The standard InChI is InChI=1S/C29H24O10S2/c1-17-7-6-10-26(27(17)29(32)33)41(36,37)25-14-12-19(16-22(25)39-3)18-11-13-24(21(15-18)38-2)40(34,35)23-9-5-4-8-20(23)28(30)31/h4-16H,1-3H3,(H,30,31)(H,32,33). The van der Waals surface area contributed by atoms with E-state index in [1.54, 1.807) is 0 Å². The van der Waals surface area contributed by atoms with Gasteiger partial charge in [0.15, 0.2) is 0 Å². The van der Waals surface area contributed by atoms with Crippen LogP contribution in [0.4, 0.5) is 0 Å². The topological polar surface area (TPSA) is 161 Å². The Morgan fingerprint density at radius 2 is 1.10 bits per heavy atom. The van der Waals surface area contributed by atoms with Crippen LogP contribution in [0.2, 0.25) is 0 Å². The van der Waals surface area contributed by atoms with E-state index in [9.17, 15) is 36.6 Å². The zero-order valence-electron chi connectivity index (χ0n) is 22.0. The summed E-state index contributed by atoms with van der Waals surface area (Å²) in [5, 5.41) is 19.1. The molecule has 0 bridgehead atoms. The van der Waals surface area contributed by atoms with Gasteiger partial charge in [0.2, 0.25) is 19.7 Å². The molecule has 4 rings (SSSR count). The molecule has 10 nitrogen and oxygen atoms in total. The van der Waals surface area contributed by atoms with Gasteiger partial charge >= 0.3 is 11.9 Å². The minimum Gasteiger partial charge on any atom is -0.495 e. The Labute approximate surface area is 236 Å². The third-order valence-electron chi connectivity index (χ3n) is 6.38. The van der Waals surface area contributed by atoms with E-state index in [1.165, 1.54) is 100 Å². The second-order valence-corrected chi connectivity index (χ2v) is 12.6. The number of rotatable bonds is 9. The Bertz CT molecular complexity index is 1910. The first-order valence-corrected chi connectivity index (χ1v) is 14.8. The summed E-state index contributed by atoms with van der Waals surface area (Å²) in [5.41, 5.74) is 0.430. The van der Waals surface area contributed by atoms with E-state index in [0.717, 1.165) is 0 Å². The number of benzene rings is 4. The SMILES string of the molecule is COc1cc(-c2ccc(S(=O)(=O)c3cccc(C)c3C(=O)O)c(OC)c2)ccc1S(=O)(=O)c1ccccc1C(=O)O. The summed E-state index contributed by atoms with van der Waals surface area (Å²) in [6.45, 7) is 1.50. The molecule has 0 aromatic heterocycles. The number of hydrogen-bond donors (Lipinski definition) is 2. The van der Waals surface area contributed by atoms with Gasteiger partial charge in [0.05, 0.1) is 35.1 Å². The van der Waals surface area contributed by atoms with Gasteiger partial charge in [-0.15, -0.1) is 0 Å². The van der Waals surface area contributed by atoms with Crippen LogP contribution in [0, 0.1) is 6.92 Å². The Hall–Kier alpha value is -4.68. The maximum absolute atomic E-state index is 13.5. The molecule has 4 aromatic carbocycles. The molecule has 41 heavy (non-hydrogen) atoms. The van der Waals surface area contributed by atoms with Crippen molar-refractivity contribution in [2.24, 2.45) is 0 Å². The fraction of sp³-hybridized carbons (Fsp3) is 0.103. The molecular weight excluding hydrogens is 572 g/mol. The van der Waals surface area contributed by atoms with Gasteiger partial charge in [-0.05, 0) is 66.1 Å². The minimum atomic E-state index is -4.32. The van der Waals surface area contributed by atoms with Gasteiger partial charge in [-0.25, -0.2) is 26.4 Å². The number of carboxylic acids is 2. The highest BCUT2D eigenvalue weighted by Gasteiger charge is 2.30. The van der Waals surface area contributed by atoms with E-state index in [-0.39, 0.29) is 42.9 Å². The number of carboxylic acid groups (broad SMARTS) is 2. The van der Waals surface area contributed by atoms with Crippen LogP contribution in [0.25, 0.3) is 11.1 Å². The summed E-state index contributed by atoms with van der Waals surface area (Å²) < 4.78 is 64.6. The lowest BCUT2D eigenvalue weighted by molar-refractivity contribution is 0.0681. The third-order valence-corrected chi connectivity index (χ3v) is 10.1. The van der Waals surface area contributed by atoms with Crippen LogP contribution in [-0.2, 0) is 19.7 Å². The summed E-state index contributed by atoms with van der Waals surface area (Å²) in [7, 11) is -6.09. The fourth-order valence-corrected chi connectivity index (χ4v) is 7.65. The van der Waals surface area contributed by atoms with Gasteiger partial charge in [0.1, 0.15) is 21.3 Å². The predicted octanol–water partition coefficient (Wildman–Crippen LogP) is 4.74. The quantitative estimate of drug-likeness (QED) is 0.276. The summed E-state index contributed by atoms with van der Waals surface area (Å²) >= 11 is 0. The van der Waals surface area contributed by atoms with Crippen molar-refractivity contribution in [1.82, 2.24) is 0 Å². The fourth-order valence-electron chi connectivity index (χ4n) is 4.39. The molecule has 0 amide bonds. The first-order chi connectivity index (χ1) is 19.3. The van der Waals surface area contributed by atoms with Gasteiger partial charge in [-0.3, -0.25) is 0 Å². The first-order valence-electron chi connectivity index (χ1n) is 11.9. The number of aromatic carboxylic acids is 2. The van der Waals surface area contributed by atoms with Crippen molar-refractivity contribution in [3.05, 3.63) is 95.6 Å². The number of aryl methyl sites for hydroxylation is 1. The lowest BCUT2D eigenvalue weighted by Crippen LogP contribution is -2.12. The lowest BCUT2D eigenvalue weighted by Gasteiger charge is -2.15. The molecule has 0 spiro atoms. The molecular formula is C29H24O10S2. The molecule has 0 saturated heterocycles. The zero-order valence-corrected chi connectivity index (χ0v) is 23.6. The van der Waals surface area contributed by atoms with E-state index in [4.69, 9.17) is 9.47 Å². The number of hydrogen-bond acceptors (Lipinski definition) is 8. The molecule has 0 radical (unpaired) electrons. The van der Waals surface area contributed by atoms with Crippen molar-refractivity contribution < 1.29 is 46.1 Å². The maximum atomic E-state index is 13.5. The van der Waals surface area contributed by atoms with Crippen molar-refractivity contribution in [3.8, 4) is 22.6 Å². The summed E-state index contributed by atoms with van der Waals surface area (Å²) in [5.74, 6) is -2.91. The molecule has 0 unspecified atom stereocenters. The van der Waals surface area contributed by atoms with Crippen LogP contribution in [-0.4, -0.2) is 53.2 Å². The molecule has 0 aliphatic rings. The van der Waals surface area contributed by atoms with Crippen LogP contribution < -0.4 is 9.47 Å². The molecule has 0 saturated carbocycles. The Morgan fingerprint density at radius 1 is 0.610 bits per heavy atom. The molecule has 0 atom stereocenters. The van der Waals surface area contributed by atoms with Crippen LogP contribution in [0.1, 0.15) is 26.3 Å². The van der Waals surface area contributed by atoms with E-state index < -0.39 is 36.5 Å². The third kappa shape index (κ3) is 5.26. The van der Waals surface area contributed by atoms with Crippen LogP contribution >= 0.6 is 0 Å². The second kappa shape index (κ2) is 11.1. The largest absolute Gasteiger partial charge is 0.495 e. The number of ether oxygens (including phenoxy) is 2. The van der Waals surface area contributed by atoms with Crippen molar-refractivity contribution in [3.63, 3.8) is 0 Å². The Morgan fingerprint density at radius 3 is 1.59 bits per heavy atom. The average Bonchev–Trinajstić information content (AvgIpc) is 2.95. The lowest BCUT2D eigenvalue weighted by atomic mass is 10.1. The predicted molar refractivity (Wildman–Crippen MR) is 147 cm³/mol. The summed E-state index contributed by atoms with van der Waals surface area (Å²) in [6.07, 6.45) is 0. The summed E-state index contributed by atoms with van der Waals surface area (Å²) in [4.78, 5) is 22.2. The van der Waals surface area contributed by atoms with Gasteiger partial charge in [0, 0.05) is 0 Å². The number of carbonyl (C=O) groups is 2. The highest BCUT2D eigenvalue weighted by Crippen LogP contribution is 2.38. The minimum absolute atomic E-state index is 0.0635. The molecule has 0 fully saturated rings. The smallest absolute Gasteiger partial charge is 0.337 e. The Kier molecular flexibility index (Phi) is 7.91. The van der Waals surface area contributed by atoms with Crippen molar-refractivity contribution in [2.45, 2.75) is 26.5 Å². The molecule has 4 aromatic rings. The molecule has 0 aliphatic carbocycles. The molecule has 0 aliphatic heterocycles. The van der Waals surface area contributed by atoms with Crippen molar-refractivity contribution in [2.75, 3.05) is 14.2 Å². The van der Waals surface area contributed by atoms with Gasteiger partial charge in [0.25, 0.3) is 0 Å². The van der Waals surface area contributed by atoms with Gasteiger partial charge in [-0.1, -0.05) is 36.4 Å².